The van der Waals surface area contributed by atoms with Crippen molar-refractivity contribution >= 4 is 11.8 Å². The maximum atomic E-state index is 5.79. The third-order valence-corrected chi connectivity index (χ3v) is 6.16. The molecule has 5 heteroatoms. The van der Waals surface area contributed by atoms with Gasteiger partial charge < -0.3 is 15.0 Å². The van der Waals surface area contributed by atoms with E-state index < -0.39 is 0 Å². The summed E-state index contributed by atoms with van der Waals surface area (Å²) in [6.45, 7) is 5.27. The molecular weight excluding hydrogens is 336 g/mol. The van der Waals surface area contributed by atoms with E-state index in [2.05, 4.69) is 45.3 Å². The number of nitrogens with one attached hydrogen (secondary N) is 1. The summed E-state index contributed by atoms with van der Waals surface area (Å²) in [6, 6.07) is 8.77. The summed E-state index contributed by atoms with van der Waals surface area (Å²) in [5, 5.41) is 3.11. The number of nitrogens with zero attached hydrogens (tertiary/aromatic N) is 3. The van der Waals surface area contributed by atoms with Gasteiger partial charge in [-0.15, -0.1) is 0 Å². The highest BCUT2D eigenvalue weighted by Crippen LogP contribution is 2.36. The second kappa shape index (κ2) is 8.15. The van der Waals surface area contributed by atoms with Crippen molar-refractivity contribution in [3.63, 3.8) is 0 Å². The van der Waals surface area contributed by atoms with E-state index in [4.69, 9.17) is 4.74 Å². The molecule has 144 valence electrons. The lowest BCUT2D eigenvalue weighted by Crippen LogP contribution is -2.31. The van der Waals surface area contributed by atoms with Gasteiger partial charge in [-0.3, -0.25) is 0 Å². The lowest BCUT2D eigenvalue weighted by molar-refractivity contribution is 0.349. The first kappa shape index (κ1) is 18.1. The maximum absolute atomic E-state index is 5.79. The van der Waals surface area contributed by atoms with E-state index in [1.165, 1.54) is 36.8 Å². The second-order valence-corrected chi connectivity index (χ2v) is 7.78. The van der Waals surface area contributed by atoms with Crippen molar-refractivity contribution in [1.29, 1.82) is 0 Å². The molecule has 1 saturated heterocycles. The Hall–Kier alpha value is -2.30. The maximum Gasteiger partial charge on any atom is 0.227 e. The number of hydrogen-bond donors (Lipinski definition) is 1. The zero-order valence-corrected chi connectivity index (χ0v) is 16.4. The predicted molar refractivity (Wildman–Crippen MR) is 110 cm³/mol. The van der Waals surface area contributed by atoms with Crippen molar-refractivity contribution in [3.05, 3.63) is 41.6 Å². The number of benzene rings is 1. The number of ether oxygens (including phenoxy) is 1. The zero-order chi connectivity index (χ0) is 18.6. The molecule has 0 saturated carbocycles. The summed E-state index contributed by atoms with van der Waals surface area (Å²) in [4.78, 5) is 11.5. The number of anilines is 2. The molecule has 0 spiro atoms. The van der Waals surface area contributed by atoms with Gasteiger partial charge in [0.15, 0.2) is 0 Å². The summed E-state index contributed by atoms with van der Waals surface area (Å²) in [5.41, 5.74) is 2.78. The number of aromatic nitrogens is 2. The fraction of sp³-hybridized carbons (Fsp3) is 0.545. The van der Waals surface area contributed by atoms with Gasteiger partial charge in [-0.05, 0) is 54.4 Å². The Kier molecular flexibility index (Phi) is 5.46. The van der Waals surface area contributed by atoms with Crippen LogP contribution in [-0.4, -0.2) is 36.7 Å². The molecule has 2 aliphatic heterocycles. The fourth-order valence-electron chi connectivity index (χ4n) is 4.37. The molecule has 2 aliphatic rings. The molecule has 1 aromatic carbocycles. The van der Waals surface area contributed by atoms with E-state index >= 15 is 0 Å². The van der Waals surface area contributed by atoms with Crippen molar-refractivity contribution in [3.8, 4) is 5.75 Å². The fourth-order valence-corrected chi connectivity index (χ4v) is 4.37. The van der Waals surface area contributed by atoms with Crippen molar-refractivity contribution in [2.45, 2.75) is 44.9 Å². The third-order valence-electron chi connectivity index (χ3n) is 6.16. The molecule has 4 rings (SSSR count). The first-order valence-corrected chi connectivity index (χ1v) is 10.3. The van der Waals surface area contributed by atoms with Crippen LogP contribution in [-0.2, 0) is 6.42 Å². The van der Waals surface area contributed by atoms with Gasteiger partial charge >= 0.3 is 0 Å². The van der Waals surface area contributed by atoms with E-state index in [1.54, 1.807) is 0 Å². The van der Waals surface area contributed by atoms with Gasteiger partial charge in [0, 0.05) is 32.8 Å². The minimum Gasteiger partial charge on any atom is -0.493 e. The van der Waals surface area contributed by atoms with Gasteiger partial charge in [0.05, 0.1) is 6.61 Å². The third kappa shape index (κ3) is 4.02. The van der Waals surface area contributed by atoms with E-state index in [-0.39, 0.29) is 0 Å². The summed E-state index contributed by atoms with van der Waals surface area (Å²) < 4.78 is 5.79. The molecule has 2 unspecified atom stereocenters. The Morgan fingerprint density at radius 3 is 3.00 bits per heavy atom. The van der Waals surface area contributed by atoms with Crippen LogP contribution in [0.1, 0.15) is 49.7 Å². The first-order chi connectivity index (χ1) is 13.2. The van der Waals surface area contributed by atoms with Crippen LogP contribution < -0.4 is 15.0 Å². The average Bonchev–Trinajstić information content (AvgIpc) is 3.15. The van der Waals surface area contributed by atoms with Crippen LogP contribution in [0.25, 0.3) is 0 Å². The molecule has 0 amide bonds. The monoisotopic (exact) mass is 366 g/mol. The highest BCUT2D eigenvalue weighted by atomic mass is 16.5. The Labute approximate surface area is 162 Å². The molecule has 1 aromatic heterocycles. The van der Waals surface area contributed by atoms with Crippen LogP contribution in [0.15, 0.2) is 30.5 Å². The van der Waals surface area contributed by atoms with Gasteiger partial charge in [0.2, 0.25) is 5.95 Å². The molecule has 5 nitrogen and oxygen atoms in total. The smallest absolute Gasteiger partial charge is 0.227 e. The van der Waals surface area contributed by atoms with Crippen LogP contribution in [0.4, 0.5) is 11.8 Å². The Bertz CT molecular complexity index is 779. The topological polar surface area (TPSA) is 50.3 Å². The van der Waals surface area contributed by atoms with Crippen LogP contribution in [0.5, 0.6) is 5.75 Å². The van der Waals surface area contributed by atoms with Crippen LogP contribution in [0.3, 0.4) is 0 Å². The van der Waals surface area contributed by atoms with E-state index in [9.17, 15) is 0 Å². The van der Waals surface area contributed by atoms with Gasteiger partial charge in [0.25, 0.3) is 0 Å². The predicted octanol–water partition coefficient (Wildman–Crippen LogP) is 4.25. The molecule has 1 N–H and O–H groups in total. The Morgan fingerprint density at radius 2 is 2.11 bits per heavy atom. The summed E-state index contributed by atoms with van der Waals surface area (Å²) in [7, 11) is 1.90. The molecular formula is C22H30N4O. The summed E-state index contributed by atoms with van der Waals surface area (Å²) in [6.07, 6.45) is 7.82. The lowest BCUT2D eigenvalue weighted by Gasteiger charge is -2.31. The largest absolute Gasteiger partial charge is 0.493 e. The SMILES string of the molecule is CNc1ccnc(N2CCCCC(C(C)c3ccc4c(c3)OCC4)CC2)n1. The zero-order valence-electron chi connectivity index (χ0n) is 16.4. The van der Waals surface area contributed by atoms with Gasteiger partial charge in [-0.1, -0.05) is 25.5 Å². The van der Waals surface area contributed by atoms with E-state index in [0.717, 1.165) is 43.6 Å². The van der Waals surface area contributed by atoms with Crippen LogP contribution in [0, 0.1) is 5.92 Å². The quantitative estimate of drug-likeness (QED) is 0.876. The second-order valence-electron chi connectivity index (χ2n) is 7.78. The number of rotatable bonds is 4. The first-order valence-electron chi connectivity index (χ1n) is 10.3. The molecule has 1 fully saturated rings. The summed E-state index contributed by atoms with van der Waals surface area (Å²) >= 11 is 0. The van der Waals surface area contributed by atoms with Gasteiger partial charge in [-0.2, -0.15) is 4.98 Å². The normalized spacial score (nSPS) is 21.0. The van der Waals surface area contributed by atoms with E-state index in [1.807, 2.05) is 19.3 Å². The van der Waals surface area contributed by atoms with Crippen LogP contribution in [0.2, 0.25) is 0 Å². The highest BCUT2D eigenvalue weighted by Gasteiger charge is 2.24. The van der Waals surface area contributed by atoms with Gasteiger partial charge in [-0.25, -0.2) is 4.98 Å². The molecule has 27 heavy (non-hydrogen) atoms. The highest BCUT2D eigenvalue weighted by molar-refractivity contribution is 5.42. The minimum atomic E-state index is 0.545. The van der Waals surface area contributed by atoms with Crippen molar-refractivity contribution in [2.24, 2.45) is 5.92 Å². The van der Waals surface area contributed by atoms with Crippen molar-refractivity contribution in [2.75, 3.05) is 37.0 Å². The summed E-state index contributed by atoms with van der Waals surface area (Å²) in [5.74, 6) is 4.05. The van der Waals surface area contributed by atoms with Crippen LogP contribution >= 0.6 is 0 Å². The van der Waals surface area contributed by atoms with E-state index in [0.29, 0.717) is 11.8 Å². The van der Waals surface area contributed by atoms with Gasteiger partial charge in [0.1, 0.15) is 11.6 Å². The molecule has 2 aromatic rings. The Balaban J connectivity index is 1.46. The van der Waals surface area contributed by atoms with Crippen molar-refractivity contribution in [1.82, 2.24) is 9.97 Å². The Morgan fingerprint density at radius 1 is 1.19 bits per heavy atom. The number of fused-ring (bicyclic) bond motifs is 1. The molecule has 2 atom stereocenters. The average molecular weight is 367 g/mol. The van der Waals surface area contributed by atoms with Crippen molar-refractivity contribution < 1.29 is 4.74 Å². The molecule has 0 aliphatic carbocycles. The minimum absolute atomic E-state index is 0.545. The number of hydrogen-bond acceptors (Lipinski definition) is 5. The molecule has 3 heterocycles. The lowest BCUT2D eigenvalue weighted by atomic mass is 9.81. The molecule has 0 radical (unpaired) electrons. The standard InChI is InChI=1S/C22H30N4O/c1-16(19-7-6-18-10-14-27-20(18)15-19)17-5-3-4-12-26(13-9-17)22-24-11-8-21(23-2)25-22/h6-8,11,15-17H,3-5,9-10,12-14H2,1-2H3,(H,23,24,25). The molecule has 0 bridgehead atoms.